The summed E-state index contributed by atoms with van der Waals surface area (Å²) in [6.07, 6.45) is 1.98. The molecule has 132 valence electrons. The normalized spacial score (nSPS) is 13.6. The van der Waals surface area contributed by atoms with Crippen molar-refractivity contribution >= 4 is 68.9 Å². The van der Waals surface area contributed by atoms with E-state index in [9.17, 15) is 9.59 Å². The molecule has 1 heterocycles. The van der Waals surface area contributed by atoms with Crippen LogP contribution in [0.2, 0.25) is 10.0 Å². The molecule has 6 nitrogen and oxygen atoms in total. The predicted octanol–water partition coefficient (Wildman–Crippen LogP) is 4.09. The quantitative estimate of drug-likeness (QED) is 0.566. The number of carbonyl (C=O) groups excluding carboxylic acids is 2. The Morgan fingerprint density at radius 3 is 2.60 bits per heavy atom. The number of nitrogens with zero attached hydrogens (tertiary/aromatic N) is 3. The first kappa shape index (κ1) is 18.4. The lowest BCUT2D eigenvalue weighted by molar-refractivity contribution is -0.116. The molecule has 0 radical (unpaired) electrons. The summed E-state index contributed by atoms with van der Waals surface area (Å²) in [5.74, 6) is -0.150. The molecule has 0 bridgehead atoms. The van der Waals surface area contributed by atoms with Crippen LogP contribution in [0.5, 0.6) is 0 Å². The zero-order valence-electron chi connectivity index (χ0n) is 13.2. The number of hydrogen-bond donors (Lipinski definition) is 1. The lowest BCUT2D eigenvalue weighted by atomic mass is 10.3. The van der Waals surface area contributed by atoms with E-state index in [0.29, 0.717) is 25.2 Å². The summed E-state index contributed by atoms with van der Waals surface area (Å²) in [7, 11) is 0. The Morgan fingerprint density at radius 2 is 2.00 bits per heavy atom. The smallest absolute Gasteiger partial charge is 0.234 e. The highest BCUT2D eigenvalue weighted by Gasteiger charge is 2.34. The minimum Gasteiger partial charge on any atom is -0.323 e. The number of nitrogens with one attached hydrogen (secondary N) is 1. The minimum atomic E-state index is -0.248. The molecule has 1 aromatic heterocycles. The summed E-state index contributed by atoms with van der Waals surface area (Å²) < 4.78 is 0.627. The Labute approximate surface area is 162 Å². The average molecular weight is 417 g/mol. The second-order valence-corrected chi connectivity index (χ2v) is 8.40. The summed E-state index contributed by atoms with van der Waals surface area (Å²) in [6, 6.07) is 5.25. The predicted molar refractivity (Wildman–Crippen MR) is 102 cm³/mol. The van der Waals surface area contributed by atoms with Crippen LogP contribution >= 0.6 is 46.3 Å². The van der Waals surface area contributed by atoms with Crippen molar-refractivity contribution in [2.24, 2.45) is 0 Å². The topological polar surface area (TPSA) is 75.2 Å². The molecule has 1 aliphatic rings. The maximum absolute atomic E-state index is 12.1. The van der Waals surface area contributed by atoms with Gasteiger partial charge < -0.3 is 5.32 Å². The van der Waals surface area contributed by atoms with E-state index in [2.05, 4.69) is 15.5 Å². The van der Waals surface area contributed by atoms with Crippen LogP contribution in [0.3, 0.4) is 0 Å². The van der Waals surface area contributed by atoms with Gasteiger partial charge in [-0.05, 0) is 25.0 Å². The first-order valence-electron chi connectivity index (χ1n) is 7.45. The van der Waals surface area contributed by atoms with Crippen molar-refractivity contribution in [3.8, 4) is 0 Å². The van der Waals surface area contributed by atoms with E-state index >= 15 is 0 Å². The number of para-hydroxylation sites is 1. The van der Waals surface area contributed by atoms with Crippen LogP contribution in [-0.2, 0) is 9.59 Å². The van der Waals surface area contributed by atoms with Crippen LogP contribution in [0.4, 0.5) is 10.8 Å². The summed E-state index contributed by atoms with van der Waals surface area (Å²) in [4.78, 5) is 25.5. The molecule has 1 aromatic carbocycles. The molecule has 0 saturated heterocycles. The number of benzene rings is 1. The van der Waals surface area contributed by atoms with E-state index in [-0.39, 0.29) is 23.6 Å². The fraction of sp³-hybridized carbons (Fsp3) is 0.333. The number of rotatable bonds is 6. The highest BCUT2D eigenvalue weighted by Crippen LogP contribution is 2.36. The lowest BCUT2D eigenvalue weighted by Crippen LogP contribution is -2.30. The number of carbonyl (C=O) groups is 2. The summed E-state index contributed by atoms with van der Waals surface area (Å²) in [5.41, 5.74) is 0.394. The van der Waals surface area contributed by atoms with Crippen LogP contribution in [0.25, 0.3) is 0 Å². The van der Waals surface area contributed by atoms with E-state index in [1.54, 1.807) is 23.1 Å². The third-order valence-corrected chi connectivity index (χ3v) is 6.09. The van der Waals surface area contributed by atoms with Crippen molar-refractivity contribution < 1.29 is 9.59 Å². The Kier molecular flexibility index (Phi) is 5.83. The van der Waals surface area contributed by atoms with Crippen molar-refractivity contribution in [3.63, 3.8) is 0 Å². The van der Waals surface area contributed by atoms with Crippen molar-refractivity contribution in [1.82, 2.24) is 10.2 Å². The number of hydrogen-bond acceptors (Lipinski definition) is 6. The van der Waals surface area contributed by atoms with Gasteiger partial charge in [-0.3, -0.25) is 14.5 Å². The molecule has 3 rings (SSSR count). The van der Waals surface area contributed by atoms with Crippen molar-refractivity contribution in [2.45, 2.75) is 30.1 Å². The molecular weight excluding hydrogens is 403 g/mol. The Morgan fingerprint density at radius 1 is 1.32 bits per heavy atom. The Balaban J connectivity index is 1.58. The van der Waals surface area contributed by atoms with Crippen molar-refractivity contribution in [3.05, 3.63) is 28.2 Å². The Hall–Kier alpha value is -1.35. The van der Waals surface area contributed by atoms with Gasteiger partial charge in [-0.15, -0.1) is 10.2 Å². The fourth-order valence-corrected chi connectivity index (χ4v) is 4.41. The van der Waals surface area contributed by atoms with Crippen LogP contribution < -0.4 is 10.2 Å². The summed E-state index contributed by atoms with van der Waals surface area (Å²) in [5, 5.41) is 12.1. The standard InChI is InChI=1S/C15H14Cl2N4O2S2/c1-8(22)21(9-5-6-9)14-19-20-15(25-14)24-7-12(23)18-13-10(16)3-2-4-11(13)17/h2-4,9H,5-7H2,1H3,(H,18,23). The van der Waals surface area contributed by atoms with Crippen LogP contribution in [0.1, 0.15) is 19.8 Å². The second-order valence-electron chi connectivity index (χ2n) is 5.40. The molecule has 0 spiro atoms. The first-order valence-corrected chi connectivity index (χ1v) is 10.0. The first-order chi connectivity index (χ1) is 12.0. The Bertz CT molecular complexity index is 790. The van der Waals surface area contributed by atoms with Crippen molar-refractivity contribution in [1.29, 1.82) is 0 Å². The number of anilines is 2. The summed E-state index contributed by atoms with van der Waals surface area (Å²) in [6.45, 7) is 1.52. The third-order valence-electron chi connectivity index (χ3n) is 3.41. The molecule has 0 aliphatic heterocycles. The summed E-state index contributed by atoms with van der Waals surface area (Å²) >= 11 is 14.6. The van der Waals surface area contributed by atoms with Gasteiger partial charge in [0.2, 0.25) is 16.9 Å². The van der Waals surface area contributed by atoms with Gasteiger partial charge in [0.05, 0.1) is 21.5 Å². The van der Waals surface area contributed by atoms with E-state index < -0.39 is 0 Å². The highest BCUT2D eigenvalue weighted by atomic mass is 35.5. The monoisotopic (exact) mass is 416 g/mol. The molecule has 0 atom stereocenters. The molecule has 10 heteroatoms. The SMILES string of the molecule is CC(=O)N(c1nnc(SCC(=O)Nc2c(Cl)cccc2Cl)s1)C1CC1. The lowest BCUT2D eigenvalue weighted by Gasteiger charge is -2.15. The zero-order valence-corrected chi connectivity index (χ0v) is 16.3. The number of aromatic nitrogens is 2. The van der Waals surface area contributed by atoms with Gasteiger partial charge in [-0.25, -0.2) is 0 Å². The molecular formula is C15H14Cl2N4O2S2. The zero-order chi connectivity index (χ0) is 18.0. The van der Waals surface area contributed by atoms with Gasteiger partial charge in [0, 0.05) is 13.0 Å². The van der Waals surface area contributed by atoms with Gasteiger partial charge in [-0.2, -0.15) is 0 Å². The molecule has 2 aromatic rings. The maximum Gasteiger partial charge on any atom is 0.234 e. The number of amides is 2. The van der Waals surface area contributed by atoms with Crippen LogP contribution in [0.15, 0.2) is 22.5 Å². The molecule has 1 aliphatic carbocycles. The van der Waals surface area contributed by atoms with E-state index in [0.717, 1.165) is 12.8 Å². The highest BCUT2D eigenvalue weighted by molar-refractivity contribution is 8.01. The molecule has 1 N–H and O–H groups in total. The maximum atomic E-state index is 12.1. The van der Waals surface area contributed by atoms with Crippen LogP contribution in [-0.4, -0.2) is 33.8 Å². The van der Waals surface area contributed by atoms with Gasteiger partial charge in [-0.1, -0.05) is 52.4 Å². The van der Waals surface area contributed by atoms with Crippen molar-refractivity contribution in [2.75, 3.05) is 16.0 Å². The van der Waals surface area contributed by atoms with E-state index in [1.165, 1.54) is 30.0 Å². The average Bonchev–Trinajstić information content (AvgIpc) is 3.27. The van der Waals surface area contributed by atoms with Crippen LogP contribution in [0, 0.1) is 0 Å². The molecule has 2 amide bonds. The number of thioether (sulfide) groups is 1. The molecule has 0 unspecified atom stereocenters. The molecule has 25 heavy (non-hydrogen) atoms. The molecule has 1 fully saturated rings. The van der Waals surface area contributed by atoms with Gasteiger partial charge in [0.15, 0.2) is 4.34 Å². The second kappa shape index (κ2) is 7.90. The third kappa shape index (κ3) is 4.63. The minimum absolute atomic E-state index is 0.0405. The van der Waals surface area contributed by atoms with Gasteiger partial charge in [0.1, 0.15) is 0 Å². The molecule has 1 saturated carbocycles. The van der Waals surface area contributed by atoms with E-state index in [4.69, 9.17) is 23.2 Å². The van der Waals surface area contributed by atoms with Gasteiger partial charge in [0.25, 0.3) is 0 Å². The fourth-order valence-electron chi connectivity index (χ4n) is 2.16. The largest absolute Gasteiger partial charge is 0.323 e. The van der Waals surface area contributed by atoms with E-state index in [1.807, 2.05) is 0 Å². The van der Waals surface area contributed by atoms with Gasteiger partial charge >= 0.3 is 0 Å². The number of halogens is 2.